The van der Waals surface area contributed by atoms with Crippen LogP contribution in [0.15, 0.2) is 36.4 Å². The molecule has 28 heavy (non-hydrogen) atoms. The monoisotopic (exact) mass is 439 g/mol. The van der Waals surface area contributed by atoms with Gasteiger partial charge in [0, 0.05) is 28.1 Å². The van der Waals surface area contributed by atoms with Crippen molar-refractivity contribution in [2.45, 2.75) is 45.5 Å². The first-order valence-electron chi connectivity index (χ1n) is 9.34. The number of aryl methyl sites for hydroxylation is 1. The minimum Gasteiger partial charge on any atom is -0.481 e. The molecule has 6 heteroatoms. The summed E-state index contributed by atoms with van der Waals surface area (Å²) in [6.45, 7) is 8.61. The normalized spacial score (nSPS) is 12.1. The lowest BCUT2D eigenvalue weighted by Gasteiger charge is -2.19. The summed E-state index contributed by atoms with van der Waals surface area (Å²) in [6, 6.07) is 11.6. The Hall–Kier alpha value is -1.36. The summed E-state index contributed by atoms with van der Waals surface area (Å²) in [5, 5.41) is 4.24. The first-order valence-corrected chi connectivity index (χ1v) is 11.3. The number of hydrogen-bond acceptors (Lipinski definition) is 3. The summed E-state index contributed by atoms with van der Waals surface area (Å²) in [5.41, 5.74) is 3.27. The molecule has 0 heterocycles. The van der Waals surface area contributed by atoms with Gasteiger partial charge in [0.2, 0.25) is 0 Å². The van der Waals surface area contributed by atoms with Crippen LogP contribution in [0.2, 0.25) is 10.0 Å². The molecule has 0 saturated carbocycles. The second-order valence-electron chi connectivity index (χ2n) is 7.04. The predicted octanol–water partition coefficient (Wildman–Crippen LogP) is 6.24. The third kappa shape index (κ3) is 6.91. The summed E-state index contributed by atoms with van der Waals surface area (Å²) >= 11 is 13.8. The Morgan fingerprint density at radius 2 is 1.89 bits per heavy atom. The molecule has 0 unspecified atom stereocenters. The van der Waals surface area contributed by atoms with Crippen molar-refractivity contribution in [3.8, 4) is 5.75 Å². The van der Waals surface area contributed by atoms with Crippen molar-refractivity contribution >= 4 is 40.9 Å². The molecule has 0 saturated heterocycles. The highest BCUT2D eigenvalue weighted by Crippen LogP contribution is 2.28. The molecule has 3 nitrogen and oxygen atoms in total. The minimum absolute atomic E-state index is 0.110. The van der Waals surface area contributed by atoms with Crippen molar-refractivity contribution < 1.29 is 9.53 Å². The molecule has 0 spiro atoms. The number of nitrogens with one attached hydrogen (secondary N) is 1. The topological polar surface area (TPSA) is 38.3 Å². The average Bonchev–Trinajstić information content (AvgIpc) is 2.62. The number of benzene rings is 2. The Morgan fingerprint density at radius 1 is 1.14 bits per heavy atom. The smallest absolute Gasteiger partial charge is 0.260 e. The first kappa shape index (κ1) is 22.9. The number of rotatable bonds is 9. The maximum Gasteiger partial charge on any atom is 0.260 e. The lowest BCUT2D eigenvalue weighted by Crippen LogP contribution is -2.37. The van der Waals surface area contributed by atoms with Crippen molar-refractivity contribution in [3.63, 3.8) is 0 Å². The molecule has 0 aliphatic carbocycles. The number of carbonyl (C=O) groups is 1. The first-order chi connectivity index (χ1) is 13.3. The zero-order valence-corrected chi connectivity index (χ0v) is 19.0. The van der Waals surface area contributed by atoms with Gasteiger partial charge in [-0.25, -0.2) is 0 Å². The molecule has 0 aromatic heterocycles. The molecule has 2 aromatic carbocycles. The largest absolute Gasteiger partial charge is 0.481 e. The Balaban J connectivity index is 1.78. The van der Waals surface area contributed by atoms with E-state index in [0.717, 1.165) is 33.9 Å². The van der Waals surface area contributed by atoms with E-state index in [2.05, 4.69) is 31.3 Å². The Morgan fingerprint density at radius 3 is 2.57 bits per heavy atom. The second kappa shape index (κ2) is 11.0. The van der Waals surface area contributed by atoms with E-state index in [4.69, 9.17) is 27.9 Å². The van der Waals surface area contributed by atoms with Gasteiger partial charge in [0.25, 0.3) is 5.91 Å². The van der Waals surface area contributed by atoms with Gasteiger partial charge in [-0.2, -0.15) is 11.8 Å². The molecule has 0 aliphatic heterocycles. The standard InChI is InChI=1S/C22H27Cl2NO2S/c1-14(2)19-8-5-15(3)11-21(19)27-16(4)22(26)25-9-10-28-13-17-6-7-18(23)12-20(17)24/h5-8,11-12,14,16H,9-10,13H2,1-4H3,(H,25,26)/t16-/m0/s1. The van der Waals surface area contributed by atoms with E-state index in [1.807, 2.05) is 25.1 Å². The van der Waals surface area contributed by atoms with E-state index in [0.29, 0.717) is 22.5 Å². The molecule has 1 amide bonds. The zero-order chi connectivity index (χ0) is 20.7. The van der Waals surface area contributed by atoms with E-state index in [1.54, 1.807) is 24.8 Å². The molecule has 0 fully saturated rings. The maximum absolute atomic E-state index is 12.4. The summed E-state index contributed by atoms with van der Waals surface area (Å²) in [6.07, 6.45) is -0.546. The molecule has 1 N–H and O–H groups in total. The maximum atomic E-state index is 12.4. The number of carbonyl (C=O) groups excluding carboxylic acids is 1. The van der Waals surface area contributed by atoms with Gasteiger partial charge in [-0.3, -0.25) is 4.79 Å². The fourth-order valence-electron chi connectivity index (χ4n) is 2.68. The van der Waals surface area contributed by atoms with Crippen LogP contribution < -0.4 is 10.1 Å². The Kier molecular flexibility index (Phi) is 9.00. The van der Waals surface area contributed by atoms with Crippen LogP contribution in [0.5, 0.6) is 5.75 Å². The number of amides is 1. The summed E-state index contributed by atoms with van der Waals surface area (Å²) in [7, 11) is 0. The molecule has 0 radical (unpaired) electrons. The van der Waals surface area contributed by atoms with Gasteiger partial charge in [-0.05, 0) is 54.7 Å². The summed E-state index contributed by atoms with van der Waals surface area (Å²) in [5.74, 6) is 2.57. The van der Waals surface area contributed by atoms with E-state index < -0.39 is 6.10 Å². The number of ether oxygens (including phenoxy) is 1. The van der Waals surface area contributed by atoms with E-state index in [1.165, 1.54) is 0 Å². The molecule has 2 rings (SSSR count). The zero-order valence-electron chi connectivity index (χ0n) is 16.7. The van der Waals surface area contributed by atoms with Crippen LogP contribution in [0.3, 0.4) is 0 Å². The van der Waals surface area contributed by atoms with Gasteiger partial charge in [-0.1, -0.05) is 55.2 Å². The lowest BCUT2D eigenvalue weighted by atomic mass is 10.0. The molecular weight excluding hydrogens is 413 g/mol. The molecular formula is C22H27Cl2NO2S. The van der Waals surface area contributed by atoms with Crippen LogP contribution >= 0.6 is 35.0 Å². The second-order valence-corrected chi connectivity index (χ2v) is 8.98. The van der Waals surface area contributed by atoms with Gasteiger partial charge in [0.05, 0.1) is 0 Å². The van der Waals surface area contributed by atoms with Gasteiger partial charge < -0.3 is 10.1 Å². The van der Waals surface area contributed by atoms with Gasteiger partial charge >= 0.3 is 0 Å². The fraction of sp³-hybridized carbons (Fsp3) is 0.409. The van der Waals surface area contributed by atoms with Crippen molar-refractivity contribution in [1.29, 1.82) is 0 Å². The average molecular weight is 440 g/mol. The van der Waals surface area contributed by atoms with Crippen LogP contribution in [-0.4, -0.2) is 24.3 Å². The number of hydrogen-bond donors (Lipinski definition) is 1. The van der Waals surface area contributed by atoms with Crippen molar-refractivity contribution in [3.05, 3.63) is 63.1 Å². The third-order valence-corrected chi connectivity index (χ3v) is 5.88. The van der Waals surface area contributed by atoms with Crippen molar-refractivity contribution in [1.82, 2.24) is 5.32 Å². The van der Waals surface area contributed by atoms with Gasteiger partial charge in [-0.15, -0.1) is 0 Å². The summed E-state index contributed by atoms with van der Waals surface area (Å²) in [4.78, 5) is 12.4. The minimum atomic E-state index is -0.546. The van der Waals surface area contributed by atoms with Gasteiger partial charge in [0.1, 0.15) is 5.75 Å². The molecule has 2 aromatic rings. The molecule has 0 aliphatic rings. The van der Waals surface area contributed by atoms with Crippen LogP contribution in [0.25, 0.3) is 0 Å². The highest BCUT2D eigenvalue weighted by molar-refractivity contribution is 7.98. The molecule has 0 bridgehead atoms. The molecule has 152 valence electrons. The van der Waals surface area contributed by atoms with E-state index in [-0.39, 0.29) is 5.91 Å². The Bertz CT molecular complexity index is 811. The highest BCUT2D eigenvalue weighted by Gasteiger charge is 2.17. The van der Waals surface area contributed by atoms with Crippen LogP contribution in [0, 0.1) is 6.92 Å². The fourth-order valence-corrected chi connectivity index (χ4v) is 4.09. The van der Waals surface area contributed by atoms with Crippen molar-refractivity contribution in [2.75, 3.05) is 12.3 Å². The Labute approximate surface area is 182 Å². The van der Waals surface area contributed by atoms with Crippen LogP contribution in [-0.2, 0) is 10.5 Å². The van der Waals surface area contributed by atoms with E-state index in [9.17, 15) is 4.79 Å². The highest BCUT2D eigenvalue weighted by atomic mass is 35.5. The predicted molar refractivity (Wildman–Crippen MR) is 121 cm³/mol. The number of halogens is 2. The summed E-state index contributed by atoms with van der Waals surface area (Å²) < 4.78 is 5.95. The SMILES string of the molecule is Cc1ccc(C(C)C)c(O[C@@H](C)C(=O)NCCSCc2ccc(Cl)cc2Cl)c1. The number of thioether (sulfide) groups is 1. The van der Waals surface area contributed by atoms with E-state index >= 15 is 0 Å². The third-order valence-electron chi connectivity index (χ3n) is 4.28. The van der Waals surface area contributed by atoms with Gasteiger partial charge in [0.15, 0.2) is 6.10 Å². The quantitative estimate of drug-likeness (QED) is 0.469. The van der Waals surface area contributed by atoms with Crippen LogP contribution in [0.1, 0.15) is 43.4 Å². The van der Waals surface area contributed by atoms with Crippen LogP contribution in [0.4, 0.5) is 0 Å². The van der Waals surface area contributed by atoms with Crippen molar-refractivity contribution in [2.24, 2.45) is 0 Å². The molecule has 1 atom stereocenters. The lowest BCUT2D eigenvalue weighted by molar-refractivity contribution is -0.127.